The van der Waals surface area contributed by atoms with E-state index in [1.54, 1.807) is 6.20 Å². The number of nitrogens with zero attached hydrogens (tertiary/aromatic N) is 3. The predicted octanol–water partition coefficient (Wildman–Crippen LogP) is 2.71. The monoisotopic (exact) mass is 306 g/mol. The van der Waals surface area contributed by atoms with Crippen molar-refractivity contribution in [2.75, 3.05) is 20.6 Å². The summed E-state index contributed by atoms with van der Waals surface area (Å²) in [4.78, 5) is 2.11. The Kier molecular flexibility index (Phi) is 5.39. The summed E-state index contributed by atoms with van der Waals surface area (Å²) in [5.41, 5.74) is 9.64. The molecular formula is C16H23ClN4. The number of rotatable bonds is 6. The van der Waals surface area contributed by atoms with E-state index in [0.29, 0.717) is 5.02 Å². The fourth-order valence-corrected chi connectivity index (χ4v) is 2.53. The molecule has 5 heteroatoms. The smallest absolute Gasteiger partial charge is 0.0837 e. The number of aromatic nitrogens is 2. The van der Waals surface area contributed by atoms with Crippen LogP contribution in [0.3, 0.4) is 0 Å². The van der Waals surface area contributed by atoms with E-state index in [4.69, 9.17) is 17.3 Å². The Morgan fingerprint density at radius 3 is 2.52 bits per heavy atom. The molecule has 2 N–H and O–H groups in total. The third-order valence-corrected chi connectivity index (χ3v) is 3.93. The van der Waals surface area contributed by atoms with Crippen molar-refractivity contribution in [3.05, 3.63) is 52.3 Å². The van der Waals surface area contributed by atoms with E-state index in [2.05, 4.69) is 41.2 Å². The Morgan fingerprint density at radius 1 is 1.29 bits per heavy atom. The highest BCUT2D eigenvalue weighted by Crippen LogP contribution is 2.26. The molecule has 114 valence electrons. The van der Waals surface area contributed by atoms with Gasteiger partial charge in [0.05, 0.1) is 29.5 Å². The third-order valence-electron chi connectivity index (χ3n) is 3.63. The van der Waals surface area contributed by atoms with Crippen LogP contribution in [0, 0.1) is 0 Å². The van der Waals surface area contributed by atoms with E-state index < -0.39 is 0 Å². The van der Waals surface area contributed by atoms with E-state index >= 15 is 0 Å². The minimum atomic E-state index is -0.256. The maximum Gasteiger partial charge on any atom is 0.0837 e. The van der Waals surface area contributed by atoms with Crippen molar-refractivity contribution in [2.24, 2.45) is 5.73 Å². The zero-order valence-electron chi connectivity index (χ0n) is 12.9. The van der Waals surface area contributed by atoms with E-state index in [1.807, 2.05) is 18.8 Å². The molecule has 2 aromatic rings. The molecule has 0 saturated carbocycles. The lowest BCUT2D eigenvalue weighted by Gasteiger charge is -2.17. The Labute approximate surface area is 131 Å². The van der Waals surface area contributed by atoms with Crippen LogP contribution in [0.15, 0.2) is 30.5 Å². The SMILES string of the molecule is CCc1ccc(C(N)c2c(Cl)cnn2CCN(C)C)cc1. The van der Waals surface area contributed by atoms with E-state index in [9.17, 15) is 0 Å². The second kappa shape index (κ2) is 7.07. The first kappa shape index (κ1) is 16.0. The van der Waals surface area contributed by atoms with Gasteiger partial charge in [-0.1, -0.05) is 42.8 Å². The number of benzene rings is 1. The van der Waals surface area contributed by atoms with Gasteiger partial charge < -0.3 is 10.6 Å². The number of aryl methyl sites for hydroxylation is 1. The van der Waals surface area contributed by atoms with E-state index in [-0.39, 0.29) is 6.04 Å². The van der Waals surface area contributed by atoms with Gasteiger partial charge in [0.15, 0.2) is 0 Å². The molecule has 21 heavy (non-hydrogen) atoms. The van der Waals surface area contributed by atoms with Crippen LogP contribution >= 0.6 is 11.6 Å². The minimum absolute atomic E-state index is 0.256. The average molecular weight is 307 g/mol. The molecule has 2 rings (SSSR count). The Morgan fingerprint density at radius 2 is 1.95 bits per heavy atom. The van der Waals surface area contributed by atoms with Gasteiger partial charge in [0.25, 0.3) is 0 Å². The Hall–Kier alpha value is -1.36. The molecule has 1 aromatic carbocycles. The lowest BCUT2D eigenvalue weighted by molar-refractivity contribution is 0.368. The number of nitrogens with two attached hydrogens (primary N) is 1. The van der Waals surface area contributed by atoms with Crippen molar-refractivity contribution in [3.8, 4) is 0 Å². The number of hydrogen-bond donors (Lipinski definition) is 1. The van der Waals surface area contributed by atoms with E-state index in [0.717, 1.165) is 30.8 Å². The van der Waals surface area contributed by atoms with Gasteiger partial charge in [0.2, 0.25) is 0 Å². The summed E-state index contributed by atoms with van der Waals surface area (Å²) in [7, 11) is 4.07. The second-order valence-electron chi connectivity index (χ2n) is 5.48. The molecule has 1 aromatic heterocycles. The normalized spacial score (nSPS) is 12.9. The van der Waals surface area contributed by atoms with Crippen LogP contribution in [0.25, 0.3) is 0 Å². The molecule has 0 bridgehead atoms. The molecule has 4 nitrogen and oxygen atoms in total. The molecule has 0 aliphatic carbocycles. The highest BCUT2D eigenvalue weighted by molar-refractivity contribution is 6.31. The van der Waals surface area contributed by atoms with Crippen molar-refractivity contribution in [3.63, 3.8) is 0 Å². The van der Waals surface area contributed by atoms with Crippen molar-refractivity contribution in [1.82, 2.24) is 14.7 Å². The molecule has 0 spiro atoms. The molecule has 0 amide bonds. The number of likely N-dealkylation sites (N-methyl/N-ethyl adjacent to an activating group) is 1. The standard InChI is InChI=1S/C16H23ClN4/c1-4-12-5-7-13(8-6-12)15(18)16-14(17)11-19-21(16)10-9-20(2)3/h5-8,11,15H,4,9-10,18H2,1-3H3. The van der Waals surface area contributed by atoms with Crippen LogP contribution < -0.4 is 5.73 Å². The van der Waals surface area contributed by atoms with Crippen LogP contribution in [0.4, 0.5) is 0 Å². The fourth-order valence-electron chi connectivity index (χ4n) is 2.27. The summed E-state index contributed by atoms with van der Waals surface area (Å²) in [6, 6.07) is 8.12. The lowest BCUT2D eigenvalue weighted by atomic mass is 10.0. The van der Waals surface area contributed by atoms with Crippen molar-refractivity contribution < 1.29 is 0 Å². The fraction of sp³-hybridized carbons (Fsp3) is 0.438. The Balaban J connectivity index is 2.24. The molecular weight excluding hydrogens is 284 g/mol. The van der Waals surface area contributed by atoms with E-state index in [1.165, 1.54) is 5.56 Å². The topological polar surface area (TPSA) is 47.1 Å². The molecule has 0 aliphatic heterocycles. The molecule has 0 saturated heterocycles. The van der Waals surface area contributed by atoms with Gasteiger partial charge in [-0.2, -0.15) is 5.10 Å². The first-order valence-electron chi connectivity index (χ1n) is 7.23. The van der Waals surface area contributed by atoms with Crippen molar-refractivity contribution >= 4 is 11.6 Å². The molecule has 1 heterocycles. The zero-order chi connectivity index (χ0) is 15.4. The Bertz CT molecular complexity index is 574. The summed E-state index contributed by atoms with van der Waals surface area (Å²) < 4.78 is 1.90. The van der Waals surface area contributed by atoms with Crippen LogP contribution in [0.5, 0.6) is 0 Å². The molecule has 0 fully saturated rings. The first-order valence-corrected chi connectivity index (χ1v) is 7.61. The van der Waals surface area contributed by atoms with Gasteiger partial charge in [-0.3, -0.25) is 4.68 Å². The highest BCUT2D eigenvalue weighted by Gasteiger charge is 2.18. The van der Waals surface area contributed by atoms with Crippen LogP contribution in [-0.4, -0.2) is 35.3 Å². The van der Waals surface area contributed by atoms with Gasteiger partial charge in [0, 0.05) is 6.54 Å². The maximum atomic E-state index is 6.40. The van der Waals surface area contributed by atoms with Crippen LogP contribution in [0.2, 0.25) is 5.02 Å². The molecule has 0 aliphatic rings. The summed E-state index contributed by atoms with van der Waals surface area (Å²) in [6.07, 6.45) is 2.70. The number of hydrogen-bond acceptors (Lipinski definition) is 3. The second-order valence-corrected chi connectivity index (χ2v) is 5.88. The number of halogens is 1. The summed E-state index contributed by atoms with van der Waals surface area (Å²) in [6.45, 7) is 3.81. The average Bonchev–Trinajstić information content (AvgIpc) is 2.85. The first-order chi connectivity index (χ1) is 10.0. The quantitative estimate of drug-likeness (QED) is 0.892. The zero-order valence-corrected chi connectivity index (χ0v) is 13.6. The predicted molar refractivity (Wildman–Crippen MR) is 87.6 cm³/mol. The van der Waals surface area contributed by atoms with Gasteiger partial charge in [-0.15, -0.1) is 0 Å². The highest BCUT2D eigenvalue weighted by atomic mass is 35.5. The lowest BCUT2D eigenvalue weighted by Crippen LogP contribution is -2.23. The van der Waals surface area contributed by atoms with Crippen molar-refractivity contribution in [2.45, 2.75) is 25.9 Å². The maximum absolute atomic E-state index is 6.40. The van der Waals surface area contributed by atoms with Gasteiger partial charge in [-0.05, 0) is 31.6 Å². The van der Waals surface area contributed by atoms with Crippen LogP contribution in [0.1, 0.15) is 29.8 Å². The molecule has 1 unspecified atom stereocenters. The molecule has 0 radical (unpaired) electrons. The van der Waals surface area contributed by atoms with Gasteiger partial charge >= 0.3 is 0 Å². The van der Waals surface area contributed by atoms with Crippen molar-refractivity contribution in [1.29, 1.82) is 0 Å². The van der Waals surface area contributed by atoms with Gasteiger partial charge in [0.1, 0.15) is 0 Å². The summed E-state index contributed by atoms with van der Waals surface area (Å²) in [5.74, 6) is 0. The molecule has 1 atom stereocenters. The summed E-state index contributed by atoms with van der Waals surface area (Å²) >= 11 is 6.29. The largest absolute Gasteiger partial charge is 0.319 e. The minimum Gasteiger partial charge on any atom is -0.319 e. The van der Waals surface area contributed by atoms with Crippen LogP contribution in [-0.2, 0) is 13.0 Å². The third kappa shape index (κ3) is 3.84. The van der Waals surface area contributed by atoms with Gasteiger partial charge in [-0.25, -0.2) is 0 Å². The summed E-state index contributed by atoms with van der Waals surface area (Å²) in [5, 5.41) is 4.97.